The summed E-state index contributed by atoms with van der Waals surface area (Å²) in [7, 11) is -3.34. The third-order valence-electron chi connectivity index (χ3n) is 2.67. The third-order valence-corrected chi connectivity index (χ3v) is 3.83. The summed E-state index contributed by atoms with van der Waals surface area (Å²) in [5.74, 6) is 0. The summed E-state index contributed by atoms with van der Waals surface area (Å²) in [5, 5.41) is 4.23. The fourth-order valence-corrected chi connectivity index (χ4v) is 2.70. The van der Waals surface area contributed by atoms with Gasteiger partial charge in [0.2, 0.25) is 10.0 Å². The molecule has 0 fully saturated rings. The molecular formula is C14H14Cl2N2O2S. The molecule has 4 nitrogen and oxygen atoms in total. The molecule has 0 saturated carbocycles. The average Bonchev–Trinajstić information content (AvgIpc) is 2.40. The van der Waals surface area contributed by atoms with Crippen LogP contribution < -0.4 is 10.0 Å². The van der Waals surface area contributed by atoms with Gasteiger partial charge in [-0.1, -0.05) is 35.3 Å². The number of hydrogen-bond acceptors (Lipinski definition) is 3. The highest BCUT2D eigenvalue weighted by Gasteiger charge is 2.07. The van der Waals surface area contributed by atoms with E-state index in [9.17, 15) is 8.42 Å². The second-order valence-corrected chi connectivity index (χ2v) is 7.14. The second kappa shape index (κ2) is 6.56. The molecule has 7 heteroatoms. The quantitative estimate of drug-likeness (QED) is 0.862. The predicted octanol–water partition coefficient (Wildman–Crippen LogP) is 3.98. The van der Waals surface area contributed by atoms with Crippen molar-refractivity contribution in [1.29, 1.82) is 0 Å². The van der Waals surface area contributed by atoms with Crippen LogP contribution in [0.5, 0.6) is 0 Å². The summed E-state index contributed by atoms with van der Waals surface area (Å²) in [5.41, 5.74) is 2.24. The zero-order valence-electron chi connectivity index (χ0n) is 11.2. The summed E-state index contributed by atoms with van der Waals surface area (Å²) in [6, 6.07) is 12.6. The monoisotopic (exact) mass is 344 g/mol. The zero-order chi connectivity index (χ0) is 15.5. The van der Waals surface area contributed by atoms with E-state index in [1.165, 1.54) is 0 Å². The van der Waals surface area contributed by atoms with E-state index in [0.717, 1.165) is 17.5 Å². The van der Waals surface area contributed by atoms with Crippen molar-refractivity contribution in [3.05, 3.63) is 58.1 Å². The van der Waals surface area contributed by atoms with Crippen molar-refractivity contribution in [2.45, 2.75) is 6.54 Å². The number of rotatable bonds is 5. The Bertz CT molecular complexity index is 731. The molecule has 0 bridgehead atoms. The fourth-order valence-electron chi connectivity index (χ4n) is 1.71. The zero-order valence-corrected chi connectivity index (χ0v) is 13.6. The van der Waals surface area contributed by atoms with Gasteiger partial charge in [-0.2, -0.15) is 0 Å². The van der Waals surface area contributed by atoms with Gasteiger partial charge in [0.1, 0.15) is 0 Å². The first-order valence-corrected chi connectivity index (χ1v) is 8.74. The Morgan fingerprint density at radius 3 is 2.29 bits per heavy atom. The Morgan fingerprint density at radius 1 is 1.05 bits per heavy atom. The van der Waals surface area contributed by atoms with Crippen LogP contribution >= 0.6 is 23.2 Å². The van der Waals surface area contributed by atoms with E-state index >= 15 is 0 Å². The van der Waals surface area contributed by atoms with Crippen LogP contribution in [0, 0.1) is 0 Å². The van der Waals surface area contributed by atoms with Gasteiger partial charge in [0, 0.05) is 17.3 Å². The molecule has 0 atom stereocenters. The number of hydrogen-bond donors (Lipinski definition) is 2. The molecule has 0 aliphatic heterocycles. The van der Waals surface area contributed by atoms with E-state index < -0.39 is 10.0 Å². The lowest BCUT2D eigenvalue weighted by molar-refractivity contribution is 0.607. The molecule has 2 rings (SSSR count). The van der Waals surface area contributed by atoms with Gasteiger partial charge in [-0.3, -0.25) is 4.72 Å². The molecule has 0 aliphatic rings. The van der Waals surface area contributed by atoms with Crippen molar-refractivity contribution < 1.29 is 8.42 Å². The molecule has 0 saturated heterocycles. The Kier molecular flexibility index (Phi) is 4.98. The molecule has 2 aromatic rings. The van der Waals surface area contributed by atoms with E-state index in [2.05, 4.69) is 10.0 Å². The van der Waals surface area contributed by atoms with Gasteiger partial charge in [0.05, 0.1) is 17.0 Å². The van der Waals surface area contributed by atoms with Crippen molar-refractivity contribution in [3.63, 3.8) is 0 Å². The van der Waals surface area contributed by atoms with Crippen LogP contribution in [0.3, 0.4) is 0 Å². The van der Waals surface area contributed by atoms with Crippen molar-refractivity contribution in [1.82, 2.24) is 0 Å². The summed E-state index contributed by atoms with van der Waals surface area (Å²) in [6.07, 6.45) is 1.08. The van der Waals surface area contributed by atoms with E-state index in [0.29, 0.717) is 22.3 Å². The summed E-state index contributed by atoms with van der Waals surface area (Å²) >= 11 is 11.9. The van der Waals surface area contributed by atoms with E-state index in [1.54, 1.807) is 18.2 Å². The Labute approximate surface area is 134 Å². The van der Waals surface area contributed by atoms with Gasteiger partial charge < -0.3 is 5.32 Å². The van der Waals surface area contributed by atoms with Crippen LogP contribution in [-0.4, -0.2) is 14.7 Å². The number of nitrogens with one attached hydrogen (secondary N) is 2. The van der Waals surface area contributed by atoms with Gasteiger partial charge in [0.25, 0.3) is 0 Å². The highest BCUT2D eigenvalue weighted by atomic mass is 35.5. The van der Waals surface area contributed by atoms with Crippen molar-refractivity contribution in [3.8, 4) is 0 Å². The third kappa shape index (κ3) is 5.12. The van der Waals surface area contributed by atoms with Crippen LogP contribution in [0.25, 0.3) is 0 Å². The van der Waals surface area contributed by atoms with E-state index in [4.69, 9.17) is 23.2 Å². The Morgan fingerprint density at radius 2 is 1.71 bits per heavy atom. The Hall–Kier alpha value is -1.43. The van der Waals surface area contributed by atoms with Crippen molar-refractivity contribution in [2.75, 3.05) is 16.3 Å². The lowest BCUT2D eigenvalue weighted by Gasteiger charge is -2.10. The molecule has 0 amide bonds. The van der Waals surface area contributed by atoms with Crippen molar-refractivity contribution >= 4 is 44.6 Å². The first-order chi connectivity index (χ1) is 9.83. The lowest BCUT2D eigenvalue weighted by Crippen LogP contribution is -2.10. The molecule has 0 unspecified atom stereocenters. The maximum atomic E-state index is 11.2. The molecule has 2 N–H and O–H groups in total. The van der Waals surface area contributed by atoms with E-state index in [-0.39, 0.29) is 0 Å². The highest BCUT2D eigenvalue weighted by Crippen LogP contribution is 2.26. The van der Waals surface area contributed by atoms with Crippen LogP contribution in [0.1, 0.15) is 5.56 Å². The highest BCUT2D eigenvalue weighted by molar-refractivity contribution is 7.92. The largest absolute Gasteiger partial charge is 0.381 e. The van der Waals surface area contributed by atoms with Crippen LogP contribution in [-0.2, 0) is 16.6 Å². The van der Waals surface area contributed by atoms with Crippen LogP contribution in [0.15, 0.2) is 42.5 Å². The standard InChI is InChI=1S/C14H14Cl2N2O2S/c1-21(19,20)18-14-7-6-12(8-13(14)16)17-9-10-2-4-11(15)5-3-10/h2-8,17-18H,9H2,1H3. The fraction of sp³-hybridized carbons (Fsp3) is 0.143. The summed E-state index contributed by atoms with van der Waals surface area (Å²) < 4.78 is 24.7. The lowest BCUT2D eigenvalue weighted by atomic mass is 10.2. The molecule has 0 aromatic heterocycles. The summed E-state index contributed by atoms with van der Waals surface area (Å²) in [6.45, 7) is 0.617. The van der Waals surface area contributed by atoms with Gasteiger partial charge >= 0.3 is 0 Å². The number of halogens is 2. The smallest absolute Gasteiger partial charge is 0.229 e. The molecule has 21 heavy (non-hydrogen) atoms. The molecule has 0 radical (unpaired) electrons. The number of sulfonamides is 1. The molecule has 0 aliphatic carbocycles. The maximum Gasteiger partial charge on any atom is 0.229 e. The van der Waals surface area contributed by atoms with E-state index in [1.807, 2.05) is 24.3 Å². The van der Waals surface area contributed by atoms with Gasteiger partial charge in [-0.15, -0.1) is 0 Å². The minimum Gasteiger partial charge on any atom is -0.381 e. The van der Waals surface area contributed by atoms with Gasteiger partial charge in [0.15, 0.2) is 0 Å². The minimum atomic E-state index is -3.34. The first-order valence-electron chi connectivity index (χ1n) is 6.09. The minimum absolute atomic E-state index is 0.335. The van der Waals surface area contributed by atoms with Gasteiger partial charge in [-0.25, -0.2) is 8.42 Å². The molecule has 112 valence electrons. The van der Waals surface area contributed by atoms with Gasteiger partial charge in [-0.05, 0) is 35.9 Å². The molecule has 0 heterocycles. The normalized spacial score (nSPS) is 11.2. The van der Waals surface area contributed by atoms with Crippen molar-refractivity contribution in [2.24, 2.45) is 0 Å². The number of benzene rings is 2. The van der Waals surface area contributed by atoms with Crippen LogP contribution in [0.4, 0.5) is 11.4 Å². The van der Waals surface area contributed by atoms with Crippen LogP contribution in [0.2, 0.25) is 10.0 Å². The summed E-state index contributed by atoms with van der Waals surface area (Å²) in [4.78, 5) is 0. The number of anilines is 2. The predicted molar refractivity (Wildman–Crippen MR) is 88.7 cm³/mol. The SMILES string of the molecule is CS(=O)(=O)Nc1ccc(NCc2ccc(Cl)cc2)cc1Cl. The first kappa shape index (κ1) is 15.9. The average molecular weight is 345 g/mol. The molecular weight excluding hydrogens is 331 g/mol. The topological polar surface area (TPSA) is 58.2 Å². The maximum absolute atomic E-state index is 11.2. The molecule has 0 spiro atoms. The Balaban J connectivity index is 2.05. The molecule has 2 aromatic carbocycles. The second-order valence-electron chi connectivity index (χ2n) is 4.55.